The average molecular weight is 574 g/mol. The molecule has 8 nitrogen and oxygen atoms in total. The molecule has 1 aliphatic heterocycles. The van der Waals surface area contributed by atoms with E-state index in [1.165, 1.54) is 0 Å². The fourth-order valence-electron chi connectivity index (χ4n) is 5.26. The third-order valence-corrected chi connectivity index (χ3v) is 7.81. The zero-order valence-electron chi connectivity index (χ0n) is 24.7. The second-order valence-electron chi connectivity index (χ2n) is 11.5. The first-order chi connectivity index (χ1) is 20.2. The molecule has 4 rings (SSSR count). The molecule has 1 saturated heterocycles. The van der Waals surface area contributed by atoms with Gasteiger partial charge in [-0.3, -0.25) is 9.59 Å². The molecule has 42 heavy (non-hydrogen) atoms. The first kappa shape index (κ1) is 31.2. The highest BCUT2D eigenvalue weighted by atomic mass is 16.5. The van der Waals surface area contributed by atoms with Gasteiger partial charge in [-0.1, -0.05) is 67.6 Å². The van der Waals surface area contributed by atoms with Crippen LogP contribution in [-0.4, -0.2) is 59.2 Å². The third-order valence-electron chi connectivity index (χ3n) is 7.81. The minimum absolute atomic E-state index is 0.0490. The molecule has 1 aliphatic rings. The number of furan rings is 1. The number of aliphatic hydroxyl groups excluding tert-OH is 1. The van der Waals surface area contributed by atoms with Crippen LogP contribution in [0, 0.1) is 5.41 Å². The molecule has 5 atom stereocenters. The number of rotatable bonds is 13. The van der Waals surface area contributed by atoms with Crippen LogP contribution < -0.4 is 11.1 Å². The normalized spacial score (nSPS) is 18.9. The van der Waals surface area contributed by atoms with Crippen molar-refractivity contribution in [3.63, 3.8) is 0 Å². The molecule has 8 heteroatoms. The maximum atomic E-state index is 13.9. The van der Waals surface area contributed by atoms with E-state index in [4.69, 9.17) is 14.9 Å². The van der Waals surface area contributed by atoms with Crippen molar-refractivity contribution < 1.29 is 23.8 Å². The summed E-state index contributed by atoms with van der Waals surface area (Å²) in [4.78, 5) is 28.3. The Balaban J connectivity index is 1.47. The summed E-state index contributed by atoms with van der Waals surface area (Å²) < 4.78 is 11.6. The summed E-state index contributed by atoms with van der Waals surface area (Å²) >= 11 is 0. The van der Waals surface area contributed by atoms with E-state index in [-0.39, 0.29) is 18.6 Å². The van der Waals surface area contributed by atoms with Gasteiger partial charge in [0.2, 0.25) is 11.8 Å². The zero-order valence-corrected chi connectivity index (χ0v) is 24.7. The Morgan fingerprint density at radius 3 is 2.60 bits per heavy atom. The molecule has 0 saturated carbocycles. The van der Waals surface area contributed by atoms with Gasteiger partial charge < -0.3 is 30.2 Å². The van der Waals surface area contributed by atoms with E-state index < -0.39 is 29.5 Å². The van der Waals surface area contributed by atoms with Gasteiger partial charge in [0, 0.05) is 17.5 Å². The monoisotopic (exact) mass is 573 g/mol. The fraction of sp³-hybridized carbons (Fsp3) is 0.412. The van der Waals surface area contributed by atoms with Crippen LogP contribution in [0.15, 0.2) is 89.6 Å². The number of hydrogen-bond donors (Lipinski definition) is 3. The van der Waals surface area contributed by atoms with Crippen molar-refractivity contribution >= 4 is 11.8 Å². The van der Waals surface area contributed by atoms with E-state index >= 15 is 0 Å². The topological polar surface area (TPSA) is 118 Å². The van der Waals surface area contributed by atoms with Crippen LogP contribution in [0.4, 0.5) is 0 Å². The van der Waals surface area contributed by atoms with Crippen molar-refractivity contribution in [3.8, 4) is 11.3 Å². The highest BCUT2D eigenvalue weighted by molar-refractivity contribution is 5.90. The van der Waals surface area contributed by atoms with Crippen molar-refractivity contribution in [3.05, 3.63) is 96.3 Å². The van der Waals surface area contributed by atoms with Gasteiger partial charge in [0.1, 0.15) is 11.8 Å². The first-order valence-electron chi connectivity index (χ1n) is 14.6. The van der Waals surface area contributed by atoms with Gasteiger partial charge in [-0.15, -0.1) is 0 Å². The summed E-state index contributed by atoms with van der Waals surface area (Å²) in [6.45, 7) is 6.24. The van der Waals surface area contributed by atoms with Crippen LogP contribution in [0.2, 0.25) is 0 Å². The number of nitrogens with one attached hydrogen (secondary N) is 1. The van der Waals surface area contributed by atoms with Crippen LogP contribution in [0.5, 0.6) is 0 Å². The van der Waals surface area contributed by atoms with Crippen LogP contribution in [-0.2, 0) is 27.4 Å². The minimum atomic E-state index is -0.880. The summed E-state index contributed by atoms with van der Waals surface area (Å²) in [6, 6.07) is 19.8. The van der Waals surface area contributed by atoms with Gasteiger partial charge in [-0.2, -0.15) is 0 Å². The summed E-state index contributed by atoms with van der Waals surface area (Å²) in [6.07, 6.45) is 7.38. The number of aliphatic hydroxyl groups is 1. The molecule has 4 N–H and O–H groups in total. The number of benzene rings is 2. The van der Waals surface area contributed by atoms with Gasteiger partial charge in [0.15, 0.2) is 0 Å². The third kappa shape index (κ3) is 8.18. The van der Waals surface area contributed by atoms with Crippen LogP contribution in [0.1, 0.15) is 44.7 Å². The quantitative estimate of drug-likeness (QED) is 0.260. The maximum absolute atomic E-state index is 13.9. The van der Waals surface area contributed by atoms with E-state index in [2.05, 4.69) is 11.4 Å². The zero-order chi connectivity index (χ0) is 30.1. The standard InChI is InChI=1S/C34H43N3O5/c1-24(35)32(39)36-31(25(2)42-22-26-10-5-4-6-11-26)33(40)37-18-8-14-29(37)16-17-34(3,23-38)21-27-12-7-13-28(20-27)30-15-9-19-41-30/h4-7,9-13,15-17,19-20,24-25,29,31,38H,8,14,18,21-23,35H2,1-3H3,(H,36,39)/b17-16+/t24-,25?,29-,31-,34-/m0/s1. The molecule has 3 aromatic rings. The van der Waals surface area contributed by atoms with Gasteiger partial charge in [0.25, 0.3) is 0 Å². The lowest BCUT2D eigenvalue weighted by Crippen LogP contribution is -2.57. The molecule has 0 radical (unpaired) electrons. The molecule has 2 amide bonds. The molecular weight excluding hydrogens is 530 g/mol. The molecule has 224 valence electrons. The van der Waals surface area contributed by atoms with Crippen molar-refractivity contribution in [2.45, 2.75) is 70.9 Å². The molecule has 0 spiro atoms. The molecule has 0 bridgehead atoms. The second-order valence-corrected chi connectivity index (χ2v) is 11.5. The second kappa shape index (κ2) is 14.4. The molecule has 1 aromatic heterocycles. The summed E-state index contributed by atoms with van der Waals surface area (Å²) in [5, 5.41) is 13.2. The lowest BCUT2D eigenvalue weighted by molar-refractivity contribution is -0.141. The van der Waals surface area contributed by atoms with E-state index in [0.29, 0.717) is 19.6 Å². The van der Waals surface area contributed by atoms with Gasteiger partial charge in [0.05, 0.1) is 37.7 Å². The van der Waals surface area contributed by atoms with E-state index in [1.807, 2.05) is 79.7 Å². The lowest BCUT2D eigenvalue weighted by Gasteiger charge is -2.32. The Morgan fingerprint density at radius 1 is 1.14 bits per heavy atom. The number of ether oxygens (including phenoxy) is 1. The highest BCUT2D eigenvalue weighted by Gasteiger charge is 2.37. The van der Waals surface area contributed by atoms with E-state index in [0.717, 1.165) is 35.3 Å². The summed E-state index contributed by atoms with van der Waals surface area (Å²) in [5.74, 6) is 0.193. The summed E-state index contributed by atoms with van der Waals surface area (Å²) in [7, 11) is 0. The van der Waals surface area contributed by atoms with Crippen LogP contribution in [0.3, 0.4) is 0 Å². The van der Waals surface area contributed by atoms with E-state index in [9.17, 15) is 14.7 Å². The number of nitrogens with zero attached hydrogens (tertiary/aromatic N) is 1. The number of hydrogen-bond acceptors (Lipinski definition) is 6. The van der Waals surface area contributed by atoms with Crippen LogP contribution >= 0.6 is 0 Å². The van der Waals surface area contributed by atoms with E-state index in [1.54, 1.807) is 25.0 Å². The number of carbonyl (C=O) groups excluding carboxylic acids is 2. The minimum Gasteiger partial charge on any atom is -0.464 e. The largest absolute Gasteiger partial charge is 0.464 e. The predicted octanol–water partition coefficient (Wildman–Crippen LogP) is 4.47. The smallest absolute Gasteiger partial charge is 0.248 e. The Bertz CT molecular complexity index is 1320. The number of carbonyl (C=O) groups is 2. The van der Waals surface area contributed by atoms with Gasteiger partial charge in [-0.25, -0.2) is 0 Å². The van der Waals surface area contributed by atoms with Crippen molar-refractivity contribution in [1.29, 1.82) is 0 Å². The molecular formula is C34H43N3O5. The maximum Gasteiger partial charge on any atom is 0.248 e. The summed E-state index contributed by atoms with van der Waals surface area (Å²) in [5.41, 5.74) is 8.33. The Labute approximate surface area is 248 Å². The molecule has 2 aromatic carbocycles. The first-order valence-corrected chi connectivity index (χ1v) is 14.6. The van der Waals surface area contributed by atoms with Crippen molar-refractivity contribution in [2.24, 2.45) is 11.1 Å². The Morgan fingerprint density at radius 2 is 1.90 bits per heavy atom. The lowest BCUT2D eigenvalue weighted by atomic mass is 9.83. The highest BCUT2D eigenvalue weighted by Crippen LogP contribution is 2.29. The van der Waals surface area contributed by atoms with Crippen molar-refractivity contribution in [2.75, 3.05) is 13.2 Å². The average Bonchev–Trinajstić information content (AvgIpc) is 3.71. The Kier molecular flexibility index (Phi) is 10.7. The number of amides is 2. The SMILES string of the molecule is CC(OCc1ccccc1)[C@H](NC(=O)[C@H](C)N)C(=O)N1CCC[C@H]1/C=C/[C@](C)(CO)Cc1cccc(-c2ccco2)c1. The van der Waals surface area contributed by atoms with Gasteiger partial charge in [-0.05, 0) is 62.4 Å². The Hall–Kier alpha value is -3.72. The molecule has 0 aliphatic carbocycles. The predicted molar refractivity (Wildman–Crippen MR) is 163 cm³/mol. The number of likely N-dealkylation sites (tertiary alicyclic amines) is 1. The molecule has 1 unspecified atom stereocenters. The van der Waals surface area contributed by atoms with Crippen LogP contribution in [0.25, 0.3) is 11.3 Å². The van der Waals surface area contributed by atoms with Gasteiger partial charge >= 0.3 is 0 Å². The van der Waals surface area contributed by atoms with Crippen molar-refractivity contribution in [1.82, 2.24) is 10.2 Å². The molecule has 1 fully saturated rings. The molecule has 2 heterocycles. The fourth-order valence-corrected chi connectivity index (χ4v) is 5.26. The number of nitrogens with two attached hydrogens (primary N) is 1.